The molecule has 4 nitrogen and oxygen atoms in total. The van der Waals surface area contributed by atoms with E-state index in [0.29, 0.717) is 0 Å². The van der Waals surface area contributed by atoms with E-state index in [1.54, 1.807) is 26.0 Å². The Balaban J connectivity index is 0. The van der Waals surface area contributed by atoms with Crippen LogP contribution in [0.5, 0.6) is 0 Å². The summed E-state index contributed by atoms with van der Waals surface area (Å²) in [6.45, 7) is 9.93. The van der Waals surface area contributed by atoms with Gasteiger partial charge in [0.1, 0.15) is 0 Å². The summed E-state index contributed by atoms with van der Waals surface area (Å²) in [7, 11) is 0. The molecule has 0 aromatic carbocycles. The largest absolute Gasteiger partial charge is 0.432 e. The van der Waals surface area contributed by atoms with E-state index in [1.807, 2.05) is 0 Å². The monoisotopic (exact) mass is 224 g/mol. The highest BCUT2D eigenvalue weighted by molar-refractivity contribution is 5.81. The first kappa shape index (κ1) is 16.3. The molecular weight excluding hydrogens is 208 g/mol. The van der Waals surface area contributed by atoms with Crippen LogP contribution in [0.2, 0.25) is 0 Å². The van der Waals surface area contributed by atoms with Crippen molar-refractivity contribution >= 4 is 11.9 Å². The quantitative estimate of drug-likeness (QED) is 0.418. The molecule has 0 rings (SSSR count). The van der Waals surface area contributed by atoms with E-state index in [9.17, 15) is 9.59 Å². The van der Waals surface area contributed by atoms with E-state index in [1.165, 1.54) is 12.5 Å². The van der Waals surface area contributed by atoms with Gasteiger partial charge in [0.05, 0.1) is 12.5 Å². The molecule has 0 aliphatic heterocycles. The Labute approximate surface area is 95.6 Å². The second-order valence-electron chi connectivity index (χ2n) is 2.22. The summed E-state index contributed by atoms with van der Waals surface area (Å²) in [5, 5.41) is 0. The van der Waals surface area contributed by atoms with E-state index in [0.717, 1.165) is 12.2 Å². The van der Waals surface area contributed by atoms with E-state index >= 15 is 0 Å². The summed E-state index contributed by atoms with van der Waals surface area (Å²) >= 11 is 0. The molecule has 0 N–H and O–H groups in total. The number of hydrogen-bond donors (Lipinski definition) is 0. The van der Waals surface area contributed by atoms with Gasteiger partial charge in [-0.05, 0) is 13.8 Å². The Morgan fingerprint density at radius 1 is 0.875 bits per heavy atom. The van der Waals surface area contributed by atoms with Gasteiger partial charge in [0.15, 0.2) is 0 Å². The van der Waals surface area contributed by atoms with Crippen LogP contribution >= 0.6 is 0 Å². The molecule has 0 saturated heterocycles. The SMILES string of the molecule is C=CC(=O)OC=CC.C=CC(=O)OC=CC. The lowest BCUT2D eigenvalue weighted by Gasteiger charge is -1.86. The van der Waals surface area contributed by atoms with Crippen molar-refractivity contribution in [2.24, 2.45) is 0 Å². The first-order valence-electron chi connectivity index (χ1n) is 4.50. The fourth-order valence-electron chi connectivity index (χ4n) is 0.366. The number of carbonyl (C=O) groups is 2. The predicted molar refractivity (Wildman–Crippen MR) is 62.2 cm³/mol. The lowest BCUT2D eigenvalue weighted by atomic mass is 10.6. The third-order valence-corrected chi connectivity index (χ3v) is 0.974. The maximum atomic E-state index is 10.2. The number of esters is 2. The minimum Gasteiger partial charge on any atom is -0.432 e. The van der Waals surface area contributed by atoms with E-state index in [4.69, 9.17) is 0 Å². The Hall–Kier alpha value is -2.10. The molecule has 0 unspecified atom stereocenters. The van der Waals surface area contributed by atoms with Gasteiger partial charge in [-0.2, -0.15) is 0 Å². The van der Waals surface area contributed by atoms with E-state index in [-0.39, 0.29) is 0 Å². The second-order valence-corrected chi connectivity index (χ2v) is 2.22. The lowest BCUT2D eigenvalue weighted by molar-refractivity contribution is -0.133. The summed E-state index contributed by atoms with van der Waals surface area (Å²) < 4.78 is 8.81. The van der Waals surface area contributed by atoms with Crippen molar-refractivity contribution in [3.63, 3.8) is 0 Å². The summed E-state index contributed by atoms with van der Waals surface area (Å²) in [5.74, 6) is -0.855. The number of allylic oxidation sites excluding steroid dienone is 2. The molecule has 88 valence electrons. The third kappa shape index (κ3) is 14.4. The molecule has 0 aliphatic rings. The highest BCUT2D eigenvalue weighted by atomic mass is 16.5. The second kappa shape index (κ2) is 12.9. The Kier molecular flexibility index (Phi) is 13.2. The summed E-state index contributed by atoms with van der Waals surface area (Å²) in [5.41, 5.74) is 0. The molecule has 0 heterocycles. The number of hydrogen-bond acceptors (Lipinski definition) is 4. The fourth-order valence-corrected chi connectivity index (χ4v) is 0.366. The van der Waals surface area contributed by atoms with Crippen molar-refractivity contribution in [1.82, 2.24) is 0 Å². The molecule has 0 amide bonds. The molecular formula is C12H16O4. The van der Waals surface area contributed by atoms with Crippen molar-refractivity contribution in [3.05, 3.63) is 50.0 Å². The van der Waals surface area contributed by atoms with Crippen LogP contribution in [0.15, 0.2) is 50.0 Å². The number of carbonyl (C=O) groups excluding carboxylic acids is 2. The van der Waals surface area contributed by atoms with Crippen LogP contribution in [0.25, 0.3) is 0 Å². The standard InChI is InChI=1S/2C6H8O2/c2*1-3-5-8-6(7)4-2/h2*3-5H,2H2,1H3. The zero-order valence-corrected chi connectivity index (χ0v) is 9.51. The van der Waals surface area contributed by atoms with Crippen molar-refractivity contribution in [2.45, 2.75) is 13.8 Å². The molecule has 0 spiro atoms. The van der Waals surface area contributed by atoms with Gasteiger partial charge in [0.2, 0.25) is 0 Å². The average molecular weight is 224 g/mol. The molecule has 0 atom stereocenters. The van der Waals surface area contributed by atoms with Gasteiger partial charge in [-0.1, -0.05) is 25.3 Å². The van der Waals surface area contributed by atoms with Gasteiger partial charge in [-0.25, -0.2) is 9.59 Å². The topological polar surface area (TPSA) is 52.6 Å². The summed E-state index contributed by atoms with van der Waals surface area (Å²) in [6.07, 6.45) is 8.09. The van der Waals surface area contributed by atoms with Gasteiger partial charge < -0.3 is 9.47 Å². The van der Waals surface area contributed by atoms with Crippen LogP contribution < -0.4 is 0 Å². The highest BCUT2D eigenvalue weighted by Gasteiger charge is 1.86. The number of ether oxygens (including phenoxy) is 2. The fraction of sp³-hybridized carbons (Fsp3) is 0.167. The molecule has 0 fully saturated rings. The van der Waals surface area contributed by atoms with Gasteiger partial charge >= 0.3 is 11.9 Å². The maximum absolute atomic E-state index is 10.2. The van der Waals surface area contributed by atoms with Gasteiger partial charge in [-0.3, -0.25) is 0 Å². The minimum absolute atomic E-state index is 0.428. The third-order valence-electron chi connectivity index (χ3n) is 0.974. The summed E-state index contributed by atoms with van der Waals surface area (Å²) in [6, 6.07) is 0. The van der Waals surface area contributed by atoms with E-state index in [2.05, 4.69) is 22.6 Å². The molecule has 0 aromatic heterocycles. The zero-order valence-electron chi connectivity index (χ0n) is 9.51. The van der Waals surface area contributed by atoms with Crippen molar-refractivity contribution in [2.75, 3.05) is 0 Å². The van der Waals surface area contributed by atoms with Crippen LogP contribution in [0, 0.1) is 0 Å². The molecule has 0 bridgehead atoms. The zero-order chi connectivity index (χ0) is 12.8. The average Bonchev–Trinajstić information content (AvgIpc) is 2.33. The van der Waals surface area contributed by atoms with Gasteiger partial charge in [-0.15, -0.1) is 0 Å². The first-order chi connectivity index (χ1) is 7.62. The van der Waals surface area contributed by atoms with Crippen LogP contribution in [-0.4, -0.2) is 11.9 Å². The Bertz CT molecular complexity index is 257. The minimum atomic E-state index is -0.428. The molecule has 0 saturated carbocycles. The number of rotatable bonds is 4. The van der Waals surface area contributed by atoms with Crippen LogP contribution in [0.1, 0.15) is 13.8 Å². The maximum Gasteiger partial charge on any atom is 0.334 e. The predicted octanol–water partition coefficient (Wildman–Crippen LogP) is 2.50. The highest BCUT2D eigenvalue weighted by Crippen LogP contribution is 1.79. The van der Waals surface area contributed by atoms with Crippen LogP contribution in [0.4, 0.5) is 0 Å². The Morgan fingerprint density at radius 2 is 1.19 bits per heavy atom. The van der Waals surface area contributed by atoms with Crippen molar-refractivity contribution < 1.29 is 19.1 Å². The molecule has 0 radical (unpaired) electrons. The smallest absolute Gasteiger partial charge is 0.334 e. The molecule has 0 aromatic rings. The van der Waals surface area contributed by atoms with Gasteiger partial charge in [0, 0.05) is 12.2 Å². The summed E-state index contributed by atoms with van der Waals surface area (Å²) in [4.78, 5) is 20.4. The van der Waals surface area contributed by atoms with Crippen LogP contribution in [-0.2, 0) is 19.1 Å². The van der Waals surface area contributed by atoms with Gasteiger partial charge in [0.25, 0.3) is 0 Å². The molecule has 4 heteroatoms. The van der Waals surface area contributed by atoms with E-state index < -0.39 is 11.9 Å². The van der Waals surface area contributed by atoms with Crippen molar-refractivity contribution in [1.29, 1.82) is 0 Å². The van der Waals surface area contributed by atoms with Crippen LogP contribution in [0.3, 0.4) is 0 Å². The lowest BCUT2D eigenvalue weighted by Crippen LogP contribution is -1.90. The molecule has 0 aliphatic carbocycles. The Morgan fingerprint density at radius 3 is 1.38 bits per heavy atom. The van der Waals surface area contributed by atoms with Crippen molar-refractivity contribution in [3.8, 4) is 0 Å². The normalized spacial score (nSPS) is 9.12. The first-order valence-corrected chi connectivity index (χ1v) is 4.50. The molecule has 16 heavy (non-hydrogen) atoms.